The van der Waals surface area contributed by atoms with Crippen LogP contribution in [0.4, 0.5) is 5.69 Å². The molecule has 0 saturated heterocycles. The van der Waals surface area contributed by atoms with Crippen LogP contribution in [0, 0.1) is 5.92 Å². The molecule has 1 saturated carbocycles. The summed E-state index contributed by atoms with van der Waals surface area (Å²) in [6.45, 7) is 0. The van der Waals surface area contributed by atoms with E-state index in [1.165, 1.54) is 0 Å². The second kappa shape index (κ2) is 4.94. The molecule has 1 amide bonds. The summed E-state index contributed by atoms with van der Waals surface area (Å²) in [4.78, 5) is 11.4. The number of amides is 1. The van der Waals surface area contributed by atoms with Gasteiger partial charge in [0.1, 0.15) is 0 Å². The molecular weight excluding hydrogens is 238 g/mol. The topological polar surface area (TPSA) is 81.1 Å². The molecule has 0 spiro atoms. The monoisotopic (exact) mass is 259 g/mol. The zero-order valence-corrected chi connectivity index (χ0v) is 11.1. The van der Waals surface area contributed by atoms with Crippen LogP contribution in [0.2, 0.25) is 0 Å². The van der Waals surface area contributed by atoms with E-state index >= 15 is 0 Å². The lowest BCUT2D eigenvalue weighted by Gasteiger charge is -2.30. The highest BCUT2D eigenvalue weighted by molar-refractivity contribution is 5.99. The Hall–Kier alpha value is -1.39. The third kappa shape index (κ3) is 2.51. The molecule has 1 fully saturated rings. The van der Waals surface area contributed by atoms with Crippen molar-refractivity contribution < 1.29 is 4.79 Å². The Morgan fingerprint density at radius 1 is 1.21 bits per heavy atom. The maximum atomic E-state index is 11.4. The maximum absolute atomic E-state index is 11.4. The van der Waals surface area contributed by atoms with Gasteiger partial charge in [-0.1, -0.05) is 12.1 Å². The number of carbonyl (C=O) groups excluding carboxylic acids is 1. The maximum Gasteiger partial charge on any atom is 0.228 e. The molecular formula is C15H21N3O. The molecule has 3 rings (SSSR count). The minimum Gasteiger partial charge on any atom is -0.328 e. The number of carbonyl (C=O) groups is 1. The number of anilines is 1. The Morgan fingerprint density at radius 2 is 1.95 bits per heavy atom. The van der Waals surface area contributed by atoms with Crippen LogP contribution in [0.1, 0.15) is 42.9 Å². The number of nitrogens with one attached hydrogen (secondary N) is 1. The van der Waals surface area contributed by atoms with Crippen molar-refractivity contribution in [1.82, 2.24) is 0 Å². The minimum absolute atomic E-state index is 0.0634. The van der Waals surface area contributed by atoms with Gasteiger partial charge in [0, 0.05) is 17.8 Å². The summed E-state index contributed by atoms with van der Waals surface area (Å²) >= 11 is 0. The first-order valence-corrected chi connectivity index (χ1v) is 7.07. The Kier molecular flexibility index (Phi) is 3.29. The quantitative estimate of drug-likeness (QED) is 0.756. The van der Waals surface area contributed by atoms with Gasteiger partial charge in [-0.2, -0.15) is 0 Å². The third-order valence-corrected chi connectivity index (χ3v) is 4.46. The second-order valence-corrected chi connectivity index (χ2v) is 5.84. The van der Waals surface area contributed by atoms with Crippen molar-refractivity contribution in [2.75, 3.05) is 5.32 Å². The molecule has 1 unspecified atom stereocenters. The molecule has 1 aliphatic heterocycles. The lowest BCUT2D eigenvalue weighted by atomic mass is 9.79. The van der Waals surface area contributed by atoms with Gasteiger partial charge in [-0.25, -0.2) is 0 Å². The molecule has 4 nitrogen and oxygen atoms in total. The molecule has 5 N–H and O–H groups in total. The van der Waals surface area contributed by atoms with Crippen molar-refractivity contribution in [3.8, 4) is 0 Å². The first-order valence-electron chi connectivity index (χ1n) is 7.07. The van der Waals surface area contributed by atoms with Crippen LogP contribution < -0.4 is 16.8 Å². The standard InChI is InChI=1S/C15H21N3O/c16-12-4-1-9(2-5-12)15(17)10-3-6-13-11(7-10)8-14(19)18-13/h3,6-7,9,12,15H,1-2,4-5,8,16-17H2,(H,18,19). The first-order chi connectivity index (χ1) is 9.13. The number of hydrogen-bond donors (Lipinski definition) is 3. The van der Waals surface area contributed by atoms with E-state index in [0.717, 1.165) is 42.5 Å². The Balaban J connectivity index is 1.75. The highest BCUT2D eigenvalue weighted by Crippen LogP contribution is 2.34. The molecule has 1 aromatic rings. The van der Waals surface area contributed by atoms with E-state index in [2.05, 4.69) is 11.4 Å². The fourth-order valence-corrected chi connectivity index (χ4v) is 3.23. The Bertz CT molecular complexity index is 492. The van der Waals surface area contributed by atoms with Crippen molar-refractivity contribution in [1.29, 1.82) is 0 Å². The lowest BCUT2D eigenvalue weighted by Crippen LogP contribution is -2.31. The van der Waals surface area contributed by atoms with Gasteiger partial charge in [-0.15, -0.1) is 0 Å². The molecule has 102 valence electrons. The number of nitrogens with two attached hydrogens (primary N) is 2. The molecule has 19 heavy (non-hydrogen) atoms. The highest BCUT2D eigenvalue weighted by atomic mass is 16.1. The smallest absolute Gasteiger partial charge is 0.228 e. The highest BCUT2D eigenvalue weighted by Gasteiger charge is 2.26. The summed E-state index contributed by atoms with van der Waals surface area (Å²) in [5.41, 5.74) is 15.5. The van der Waals surface area contributed by atoms with Crippen molar-refractivity contribution in [3.63, 3.8) is 0 Å². The Morgan fingerprint density at radius 3 is 2.68 bits per heavy atom. The number of fused-ring (bicyclic) bond motifs is 1. The predicted molar refractivity (Wildman–Crippen MR) is 75.6 cm³/mol. The van der Waals surface area contributed by atoms with E-state index in [0.29, 0.717) is 18.4 Å². The molecule has 0 aromatic heterocycles. The zero-order chi connectivity index (χ0) is 13.4. The van der Waals surface area contributed by atoms with Crippen LogP contribution in [0.5, 0.6) is 0 Å². The molecule has 1 aromatic carbocycles. The zero-order valence-electron chi connectivity index (χ0n) is 11.1. The number of rotatable bonds is 2. The largest absolute Gasteiger partial charge is 0.328 e. The Labute approximate surface area is 113 Å². The number of hydrogen-bond acceptors (Lipinski definition) is 3. The van der Waals surface area contributed by atoms with Gasteiger partial charge >= 0.3 is 0 Å². The van der Waals surface area contributed by atoms with Crippen molar-refractivity contribution >= 4 is 11.6 Å². The van der Waals surface area contributed by atoms with Crippen LogP contribution in [0.3, 0.4) is 0 Å². The average Bonchev–Trinajstić information content (AvgIpc) is 2.77. The summed E-state index contributed by atoms with van der Waals surface area (Å²) in [6, 6.07) is 6.53. The fraction of sp³-hybridized carbons (Fsp3) is 0.533. The van der Waals surface area contributed by atoms with Gasteiger partial charge in [-0.05, 0) is 48.8 Å². The van der Waals surface area contributed by atoms with Crippen molar-refractivity contribution in [3.05, 3.63) is 29.3 Å². The predicted octanol–water partition coefficient (Wildman–Crippen LogP) is 1.70. The molecule has 0 bridgehead atoms. The van der Waals surface area contributed by atoms with Gasteiger partial charge in [0.05, 0.1) is 6.42 Å². The van der Waals surface area contributed by atoms with Crippen molar-refractivity contribution in [2.24, 2.45) is 17.4 Å². The molecule has 1 atom stereocenters. The fourth-order valence-electron chi connectivity index (χ4n) is 3.23. The van der Waals surface area contributed by atoms with Gasteiger partial charge in [0.2, 0.25) is 5.91 Å². The summed E-state index contributed by atoms with van der Waals surface area (Å²) in [6.07, 6.45) is 4.84. The summed E-state index contributed by atoms with van der Waals surface area (Å²) in [5, 5.41) is 2.85. The number of benzene rings is 1. The minimum atomic E-state index is 0.0634. The van der Waals surface area contributed by atoms with E-state index in [9.17, 15) is 4.79 Å². The molecule has 1 aliphatic carbocycles. The summed E-state index contributed by atoms with van der Waals surface area (Å²) < 4.78 is 0. The van der Waals surface area contributed by atoms with Gasteiger partial charge in [0.15, 0.2) is 0 Å². The molecule has 2 aliphatic rings. The third-order valence-electron chi connectivity index (χ3n) is 4.46. The van der Waals surface area contributed by atoms with E-state index in [1.54, 1.807) is 0 Å². The van der Waals surface area contributed by atoms with Gasteiger partial charge < -0.3 is 16.8 Å². The first kappa shape index (κ1) is 12.6. The summed E-state index contributed by atoms with van der Waals surface area (Å²) in [5.74, 6) is 0.590. The molecule has 0 radical (unpaired) electrons. The molecule has 4 heteroatoms. The normalized spacial score (nSPS) is 27.8. The van der Waals surface area contributed by atoms with Crippen LogP contribution in [-0.4, -0.2) is 11.9 Å². The van der Waals surface area contributed by atoms with Crippen LogP contribution in [0.25, 0.3) is 0 Å². The molecule has 1 heterocycles. The van der Waals surface area contributed by atoms with E-state index in [-0.39, 0.29) is 11.9 Å². The van der Waals surface area contributed by atoms with Crippen LogP contribution in [-0.2, 0) is 11.2 Å². The van der Waals surface area contributed by atoms with E-state index < -0.39 is 0 Å². The van der Waals surface area contributed by atoms with Crippen molar-refractivity contribution in [2.45, 2.75) is 44.2 Å². The SMILES string of the molecule is NC1CCC(C(N)c2ccc3c(c2)CC(=O)N3)CC1. The van der Waals surface area contributed by atoms with Gasteiger partial charge in [-0.3, -0.25) is 4.79 Å². The van der Waals surface area contributed by atoms with Gasteiger partial charge in [0.25, 0.3) is 0 Å². The summed E-state index contributed by atoms with van der Waals surface area (Å²) in [7, 11) is 0. The van der Waals surface area contributed by atoms with Crippen LogP contribution >= 0.6 is 0 Å². The van der Waals surface area contributed by atoms with Crippen LogP contribution in [0.15, 0.2) is 18.2 Å². The van der Waals surface area contributed by atoms with E-state index in [4.69, 9.17) is 11.5 Å². The second-order valence-electron chi connectivity index (χ2n) is 5.84. The van der Waals surface area contributed by atoms with E-state index in [1.807, 2.05) is 12.1 Å². The average molecular weight is 259 g/mol. The lowest BCUT2D eigenvalue weighted by molar-refractivity contribution is -0.115.